The van der Waals surface area contributed by atoms with Crippen molar-refractivity contribution in [2.24, 2.45) is 5.41 Å². The number of hydrogen-bond acceptors (Lipinski definition) is 3. The van der Waals surface area contributed by atoms with Crippen LogP contribution in [0.2, 0.25) is 0 Å². The molecule has 0 aromatic heterocycles. The fourth-order valence-electron chi connectivity index (χ4n) is 2.84. The minimum Gasteiger partial charge on any atom is -0.494 e. The average molecular weight is 236 g/mol. The van der Waals surface area contributed by atoms with E-state index in [4.69, 9.17) is 9.47 Å². The molecule has 2 unspecified atom stereocenters. The van der Waals surface area contributed by atoms with Crippen LogP contribution in [0.5, 0.6) is 0 Å². The van der Waals surface area contributed by atoms with E-state index in [0.717, 1.165) is 17.8 Å². The zero-order valence-electron chi connectivity index (χ0n) is 10.7. The number of aliphatic hydroxyl groups excluding tert-OH is 1. The van der Waals surface area contributed by atoms with E-state index >= 15 is 0 Å². The molecule has 0 bridgehead atoms. The lowest BCUT2D eigenvalue weighted by atomic mass is 9.70. The topological polar surface area (TPSA) is 38.7 Å². The molecule has 1 heterocycles. The quantitative estimate of drug-likeness (QED) is 0.604. The number of methoxy groups -OCH3 is 1. The van der Waals surface area contributed by atoms with Crippen molar-refractivity contribution in [1.29, 1.82) is 0 Å². The van der Waals surface area contributed by atoms with Crippen molar-refractivity contribution in [1.82, 2.24) is 0 Å². The minimum atomic E-state index is -0.414. The van der Waals surface area contributed by atoms with Gasteiger partial charge in [-0.3, -0.25) is 0 Å². The van der Waals surface area contributed by atoms with Crippen LogP contribution in [0, 0.1) is 5.41 Å². The van der Waals surface area contributed by atoms with Gasteiger partial charge >= 0.3 is 0 Å². The molecule has 0 saturated heterocycles. The predicted molar refractivity (Wildman–Crippen MR) is 66.2 cm³/mol. The van der Waals surface area contributed by atoms with Gasteiger partial charge in [0.2, 0.25) is 0 Å². The van der Waals surface area contributed by atoms with Crippen molar-refractivity contribution in [3.63, 3.8) is 0 Å². The Morgan fingerprint density at radius 3 is 3.00 bits per heavy atom. The molecular formula is C14H20O3. The lowest BCUT2D eigenvalue weighted by Crippen LogP contribution is -2.37. The van der Waals surface area contributed by atoms with E-state index < -0.39 is 6.10 Å². The van der Waals surface area contributed by atoms with E-state index in [1.165, 1.54) is 0 Å². The van der Waals surface area contributed by atoms with Crippen molar-refractivity contribution in [2.45, 2.75) is 38.9 Å². The Labute approximate surface area is 102 Å². The average Bonchev–Trinajstić information content (AvgIpc) is 2.62. The van der Waals surface area contributed by atoms with Gasteiger partial charge < -0.3 is 14.6 Å². The van der Waals surface area contributed by atoms with Crippen LogP contribution in [0.1, 0.15) is 26.7 Å². The molecular weight excluding hydrogens is 216 g/mol. The summed E-state index contributed by atoms with van der Waals surface area (Å²) < 4.78 is 11.1. The summed E-state index contributed by atoms with van der Waals surface area (Å²) in [4.78, 5) is 0. The fourth-order valence-corrected chi connectivity index (χ4v) is 2.84. The van der Waals surface area contributed by atoms with Gasteiger partial charge in [0, 0.05) is 11.8 Å². The molecule has 94 valence electrons. The van der Waals surface area contributed by atoms with Gasteiger partial charge in [0.05, 0.1) is 13.2 Å². The summed E-state index contributed by atoms with van der Waals surface area (Å²) in [5.74, 6) is 1.31. The summed E-state index contributed by atoms with van der Waals surface area (Å²) >= 11 is 0. The molecule has 0 saturated carbocycles. The Bertz CT molecular complexity index is 394. The first-order chi connectivity index (χ1) is 8.05. The van der Waals surface area contributed by atoms with Crippen LogP contribution < -0.4 is 0 Å². The van der Waals surface area contributed by atoms with Crippen molar-refractivity contribution in [2.75, 3.05) is 7.11 Å². The van der Waals surface area contributed by atoms with E-state index in [-0.39, 0.29) is 11.5 Å². The van der Waals surface area contributed by atoms with Gasteiger partial charge in [-0.2, -0.15) is 0 Å². The van der Waals surface area contributed by atoms with Crippen LogP contribution in [0.25, 0.3) is 0 Å². The predicted octanol–water partition coefficient (Wildman–Crippen LogP) is 2.54. The second kappa shape index (κ2) is 4.22. The first kappa shape index (κ1) is 12.2. The molecule has 17 heavy (non-hydrogen) atoms. The Kier molecular flexibility index (Phi) is 3.04. The SMILES string of the molecule is C=C(OC)C1=C(C)C2(CC)C=C[C@@H](O)CC2O1. The van der Waals surface area contributed by atoms with Gasteiger partial charge in [-0.15, -0.1) is 0 Å². The molecule has 3 heteroatoms. The molecule has 1 aliphatic heterocycles. The second-order valence-electron chi connectivity index (χ2n) is 4.74. The van der Waals surface area contributed by atoms with Crippen LogP contribution >= 0.6 is 0 Å². The molecule has 0 aromatic rings. The van der Waals surface area contributed by atoms with E-state index in [1.807, 2.05) is 6.08 Å². The molecule has 2 aliphatic rings. The van der Waals surface area contributed by atoms with Crippen LogP contribution in [0.15, 0.2) is 35.8 Å². The Hall–Kier alpha value is -1.22. The maximum absolute atomic E-state index is 9.70. The van der Waals surface area contributed by atoms with E-state index in [9.17, 15) is 5.11 Å². The zero-order chi connectivity index (χ0) is 12.6. The summed E-state index contributed by atoms with van der Waals surface area (Å²) in [5, 5.41) is 9.70. The molecule has 0 radical (unpaired) electrons. The highest BCUT2D eigenvalue weighted by Crippen LogP contribution is 2.51. The number of fused-ring (bicyclic) bond motifs is 1. The minimum absolute atomic E-state index is 0.00519. The van der Waals surface area contributed by atoms with Gasteiger partial charge in [-0.25, -0.2) is 0 Å². The van der Waals surface area contributed by atoms with Crippen molar-refractivity contribution < 1.29 is 14.6 Å². The third kappa shape index (κ3) is 1.69. The van der Waals surface area contributed by atoms with Crippen LogP contribution in [0.4, 0.5) is 0 Å². The summed E-state index contributed by atoms with van der Waals surface area (Å²) in [6.45, 7) is 8.06. The van der Waals surface area contributed by atoms with Crippen LogP contribution in [-0.2, 0) is 9.47 Å². The molecule has 1 aliphatic carbocycles. The summed E-state index contributed by atoms with van der Waals surface area (Å²) in [6, 6.07) is 0. The summed E-state index contributed by atoms with van der Waals surface area (Å²) in [5.41, 5.74) is 1.05. The standard InChI is InChI=1S/C14H20O3/c1-5-14-7-6-11(15)8-12(14)17-13(9(14)2)10(3)16-4/h6-7,11-12,15H,3,5,8H2,1-2,4H3/t11-,12?,14?/m1/s1. The third-order valence-corrected chi connectivity index (χ3v) is 4.03. The molecule has 2 rings (SSSR count). The Morgan fingerprint density at radius 2 is 2.41 bits per heavy atom. The zero-order valence-corrected chi connectivity index (χ0v) is 10.7. The monoisotopic (exact) mass is 236 g/mol. The largest absolute Gasteiger partial charge is 0.494 e. The highest BCUT2D eigenvalue weighted by atomic mass is 16.5. The van der Waals surface area contributed by atoms with E-state index in [2.05, 4.69) is 26.5 Å². The number of rotatable bonds is 3. The molecule has 0 amide bonds. The second-order valence-corrected chi connectivity index (χ2v) is 4.74. The fraction of sp³-hybridized carbons (Fsp3) is 0.571. The molecule has 1 N–H and O–H groups in total. The first-order valence-corrected chi connectivity index (χ1v) is 6.04. The van der Waals surface area contributed by atoms with Crippen molar-refractivity contribution in [3.8, 4) is 0 Å². The van der Waals surface area contributed by atoms with Gasteiger partial charge in [-0.05, 0) is 18.9 Å². The number of hydrogen-bond donors (Lipinski definition) is 1. The Morgan fingerprint density at radius 1 is 1.71 bits per heavy atom. The van der Waals surface area contributed by atoms with Crippen LogP contribution in [-0.4, -0.2) is 24.4 Å². The number of aliphatic hydroxyl groups is 1. The Balaban J connectivity index is 2.41. The van der Waals surface area contributed by atoms with Gasteiger partial charge in [-0.1, -0.05) is 25.7 Å². The van der Waals surface area contributed by atoms with E-state index in [0.29, 0.717) is 12.2 Å². The summed E-state index contributed by atoms with van der Waals surface area (Å²) in [6.07, 6.45) is 5.11. The molecule has 3 atom stereocenters. The third-order valence-electron chi connectivity index (χ3n) is 4.03. The molecule has 0 aromatic carbocycles. The van der Waals surface area contributed by atoms with Crippen molar-refractivity contribution >= 4 is 0 Å². The van der Waals surface area contributed by atoms with Gasteiger partial charge in [0.15, 0.2) is 11.5 Å². The highest BCUT2D eigenvalue weighted by molar-refractivity contribution is 5.39. The van der Waals surface area contributed by atoms with Crippen LogP contribution in [0.3, 0.4) is 0 Å². The maximum atomic E-state index is 9.70. The molecule has 3 nitrogen and oxygen atoms in total. The van der Waals surface area contributed by atoms with Gasteiger partial charge in [0.1, 0.15) is 6.10 Å². The van der Waals surface area contributed by atoms with E-state index in [1.54, 1.807) is 7.11 Å². The number of ether oxygens (including phenoxy) is 2. The van der Waals surface area contributed by atoms with Crippen molar-refractivity contribution in [3.05, 3.63) is 35.8 Å². The first-order valence-electron chi connectivity index (χ1n) is 6.04. The summed E-state index contributed by atoms with van der Waals surface area (Å²) in [7, 11) is 1.59. The molecule has 0 spiro atoms. The normalized spacial score (nSPS) is 35.5. The highest BCUT2D eigenvalue weighted by Gasteiger charge is 2.48. The lowest BCUT2D eigenvalue weighted by Gasteiger charge is -2.35. The smallest absolute Gasteiger partial charge is 0.160 e. The van der Waals surface area contributed by atoms with Gasteiger partial charge in [0.25, 0.3) is 0 Å². The maximum Gasteiger partial charge on any atom is 0.160 e. The lowest BCUT2D eigenvalue weighted by molar-refractivity contribution is 0.0265. The molecule has 0 fully saturated rings.